The molecule has 0 heterocycles. The van der Waals surface area contributed by atoms with E-state index < -0.39 is 0 Å². The highest BCUT2D eigenvalue weighted by Crippen LogP contribution is 2.25. The van der Waals surface area contributed by atoms with Crippen LogP contribution in [0.4, 0.5) is 0 Å². The van der Waals surface area contributed by atoms with Crippen LogP contribution in [0.5, 0.6) is 0 Å². The number of allylic oxidation sites excluding steroid dienone is 1. The molecule has 0 saturated carbocycles. The second-order valence-electron chi connectivity index (χ2n) is 4.54. The summed E-state index contributed by atoms with van der Waals surface area (Å²) in [5.41, 5.74) is 1.31. The van der Waals surface area contributed by atoms with Crippen molar-refractivity contribution >= 4 is 17.7 Å². The fourth-order valence-electron chi connectivity index (χ4n) is 1.05. The standard InChI is InChI=1S/C13H17Cl/c1-13(2,3)12(14)10-9-11-7-5-4-6-8-11/h4-10,12H,1-3H3. The van der Waals surface area contributed by atoms with Gasteiger partial charge in [-0.1, -0.05) is 63.3 Å². The van der Waals surface area contributed by atoms with E-state index in [9.17, 15) is 0 Å². The van der Waals surface area contributed by atoms with E-state index >= 15 is 0 Å². The minimum atomic E-state index is 0.0720. The first-order chi connectivity index (χ1) is 6.50. The molecule has 0 spiro atoms. The van der Waals surface area contributed by atoms with Gasteiger partial charge in [-0.25, -0.2) is 0 Å². The van der Waals surface area contributed by atoms with Gasteiger partial charge in [0.15, 0.2) is 0 Å². The third-order valence-corrected chi connectivity index (χ3v) is 2.88. The molecule has 0 aliphatic carbocycles. The summed E-state index contributed by atoms with van der Waals surface area (Å²) >= 11 is 6.22. The lowest BCUT2D eigenvalue weighted by atomic mass is 9.91. The van der Waals surface area contributed by atoms with Crippen molar-refractivity contribution < 1.29 is 0 Å². The smallest absolute Gasteiger partial charge is 0.0567 e. The van der Waals surface area contributed by atoms with E-state index in [0.29, 0.717) is 0 Å². The van der Waals surface area contributed by atoms with Gasteiger partial charge in [0, 0.05) is 0 Å². The van der Waals surface area contributed by atoms with Gasteiger partial charge in [-0.2, -0.15) is 0 Å². The first kappa shape index (κ1) is 11.3. The molecule has 1 rings (SSSR count). The Morgan fingerprint density at radius 1 is 1.14 bits per heavy atom. The van der Waals surface area contributed by atoms with E-state index in [1.54, 1.807) is 0 Å². The van der Waals surface area contributed by atoms with Crippen LogP contribution in [0.3, 0.4) is 0 Å². The van der Waals surface area contributed by atoms with Crippen molar-refractivity contribution in [2.45, 2.75) is 26.1 Å². The minimum Gasteiger partial charge on any atom is -0.118 e. The molecule has 0 N–H and O–H groups in total. The zero-order chi connectivity index (χ0) is 10.6. The first-order valence-corrected chi connectivity index (χ1v) is 5.31. The van der Waals surface area contributed by atoms with Gasteiger partial charge in [0.1, 0.15) is 0 Å². The van der Waals surface area contributed by atoms with Gasteiger partial charge in [0.2, 0.25) is 0 Å². The summed E-state index contributed by atoms with van der Waals surface area (Å²) in [5, 5.41) is 0.0720. The molecule has 14 heavy (non-hydrogen) atoms. The summed E-state index contributed by atoms with van der Waals surface area (Å²) in [7, 11) is 0. The zero-order valence-electron chi connectivity index (χ0n) is 9.00. The molecule has 0 fully saturated rings. The number of alkyl halides is 1. The number of halogens is 1. The summed E-state index contributed by atoms with van der Waals surface area (Å²) in [4.78, 5) is 0. The monoisotopic (exact) mass is 208 g/mol. The molecule has 0 aliphatic heterocycles. The van der Waals surface area contributed by atoms with Crippen LogP contribution >= 0.6 is 11.6 Å². The molecule has 0 aromatic heterocycles. The van der Waals surface area contributed by atoms with Gasteiger partial charge >= 0.3 is 0 Å². The summed E-state index contributed by atoms with van der Waals surface area (Å²) in [5.74, 6) is 0. The van der Waals surface area contributed by atoms with Crippen LogP contribution in [0.1, 0.15) is 26.3 Å². The quantitative estimate of drug-likeness (QED) is 0.634. The van der Waals surface area contributed by atoms with Gasteiger partial charge in [0.05, 0.1) is 5.38 Å². The number of hydrogen-bond donors (Lipinski definition) is 0. The van der Waals surface area contributed by atoms with Crippen LogP contribution in [0.15, 0.2) is 36.4 Å². The molecule has 1 aromatic rings. The van der Waals surface area contributed by atoms with E-state index in [-0.39, 0.29) is 10.8 Å². The molecule has 0 aliphatic rings. The molecule has 76 valence electrons. The molecule has 1 aromatic carbocycles. The Hall–Kier alpha value is -0.750. The van der Waals surface area contributed by atoms with E-state index in [1.807, 2.05) is 18.2 Å². The van der Waals surface area contributed by atoms with Crippen LogP contribution in [0, 0.1) is 5.41 Å². The number of benzene rings is 1. The second-order valence-corrected chi connectivity index (χ2v) is 5.01. The Bertz CT molecular complexity index is 293. The SMILES string of the molecule is CC(C)(C)C(Cl)C=Cc1ccccc1. The van der Waals surface area contributed by atoms with Crippen LogP contribution in [-0.2, 0) is 0 Å². The molecular weight excluding hydrogens is 192 g/mol. The third-order valence-electron chi connectivity index (χ3n) is 2.08. The largest absolute Gasteiger partial charge is 0.118 e. The molecule has 0 radical (unpaired) electrons. The van der Waals surface area contributed by atoms with Crippen LogP contribution in [0.2, 0.25) is 0 Å². The van der Waals surface area contributed by atoms with E-state index in [4.69, 9.17) is 11.6 Å². The minimum absolute atomic E-state index is 0.0720. The fourth-order valence-corrected chi connectivity index (χ4v) is 1.12. The molecule has 0 bridgehead atoms. The van der Waals surface area contributed by atoms with Gasteiger partial charge in [-0.05, 0) is 11.0 Å². The average Bonchev–Trinajstić information content (AvgIpc) is 2.14. The van der Waals surface area contributed by atoms with Gasteiger partial charge in [0.25, 0.3) is 0 Å². The topological polar surface area (TPSA) is 0 Å². The molecule has 1 unspecified atom stereocenters. The molecule has 0 amide bonds. The zero-order valence-corrected chi connectivity index (χ0v) is 9.75. The molecule has 0 nitrogen and oxygen atoms in total. The van der Waals surface area contributed by atoms with Crippen molar-refractivity contribution in [1.29, 1.82) is 0 Å². The van der Waals surface area contributed by atoms with Crippen molar-refractivity contribution in [3.63, 3.8) is 0 Å². The van der Waals surface area contributed by atoms with Crippen molar-refractivity contribution in [1.82, 2.24) is 0 Å². The fraction of sp³-hybridized carbons (Fsp3) is 0.385. The number of hydrogen-bond acceptors (Lipinski definition) is 0. The Kier molecular flexibility index (Phi) is 3.77. The number of rotatable bonds is 2. The van der Waals surface area contributed by atoms with E-state index in [0.717, 1.165) is 0 Å². The highest BCUT2D eigenvalue weighted by atomic mass is 35.5. The normalized spacial score (nSPS) is 14.6. The first-order valence-electron chi connectivity index (χ1n) is 4.87. The van der Waals surface area contributed by atoms with Gasteiger partial charge < -0.3 is 0 Å². The average molecular weight is 209 g/mol. The van der Waals surface area contributed by atoms with Crippen molar-refractivity contribution in [2.24, 2.45) is 5.41 Å². The summed E-state index contributed by atoms with van der Waals surface area (Å²) < 4.78 is 0. The second kappa shape index (κ2) is 4.65. The van der Waals surface area contributed by atoms with Crippen molar-refractivity contribution in [3.8, 4) is 0 Å². The maximum atomic E-state index is 6.22. The van der Waals surface area contributed by atoms with Crippen molar-refractivity contribution in [2.75, 3.05) is 0 Å². The van der Waals surface area contributed by atoms with Crippen LogP contribution < -0.4 is 0 Å². The van der Waals surface area contributed by atoms with Crippen LogP contribution in [-0.4, -0.2) is 5.38 Å². The van der Waals surface area contributed by atoms with Gasteiger partial charge in [-0.3, -0.25) is 0 Å². The molecule has 0 saturated heterocycles. The lowest BCUT2D eigenvalue weighted by Crippen LogP contribution is -2.17. The Morgan fingerprint density at radius 2 is 1.71 bits per heavy atom. The Balaban J connectivity index is 2.66. The molecular formula is C13H17Cl. The lowest BCUT2D eigenvalue weighted by Gasteiger charge is -2.21. The van der Waals surface area contributed by atoms with Crippen LogP contribution in [0.25, 0.3) is 6.08 Å². The van der Waals surface area contributed by atoms with E-state index in [1.165, 1.54) is 5.56 Å². The van der Waals surface area contributed by atoms with E-state index in [2.05, 4.69) is 45.1 Å². The predicted molar refractivity (Wildman–Crippen MR) is 64.6 cm³/mol. The maximum absolute atomic E-state index is 6.22. The highest BCUT2D eigenvalue weighted by Gasteiger charge is 2.18. The third kappa shape index (κ3) is 3.55. The van der Waals surface area contributed by atoms with Gasteiger partial charge in [-0.15, -0.1) is 11.6 Å². The summed E-state index contributed by atoms with van der Waals surface area (Å²) in [6.07, 6.45) is 4.12. The Labute approximate surface area is 91.6 Å². The van der Waals surface area contributed by atoms with Crippen molar-refractivity contribution in [3.05, 3.63) is 42.0 Å². The predicted octanol–water partition coefficient (Wildman–Crippen LogP) is 4.35. The summed E-state index contributed by atoms with van der Waals surface area (Å²) in [6.45, 7) is 6.42. The highest BCUT2D eigenvalue weighted by molar-refractivity contribution is 6.22. The Morgan fingerprint density at radius 3 is 2.21 bits per heavy atom. The lowest BCUT2D eigenvalue weighted by molar-refractivity contribution is 0.428. The maximum Gasteiger partial charge on any atom is 0.0567 e. The molecule has 1 atom stereocenters. The molecule has 1 heteroatoms. The summed E-state index contributed by atoms with van der Waals surface area (Å²) in [6, 6.07) is 10.2.